The number of anilines is 2. The molecule has 1 fully saturated rings. The molecule has 0 radical (unpaired) electrons. The molecular formula is C25H23Cl3N4O3S. The van der Waals surface area contributed by atoms with Crippen LogP contribution in [0, 0.1) is 0 Å². The molecular weight excluding hydrogens is 543 g/mol. The molecule has 2 N–H and O–H groups in total. The predicted molar refractivity (Wildman–Crippen MR) is 148 cm³/mol. The van der Waals surface area contributed by atoms with E-state index in [1.54, 1.807) is 36.4 Å². The molecule has 0 saturated carbocycles. The van der Waals surface area contributed by atoms with E-state index in [0.29, 0.717) is 64.7 Å². The number of benzene rings is 2. The maximum atomic E-state index is 12.6. The van der Waals surface area contributed by atoms with Gasteiger partial charge < -0.3 is 19.5 Å². The maximum Gasteiger partial charge on any atom is 0.293 e. The molecule has 1 aliphatic rings. The summed E-state index contributed by atoms with van der Waals surface area (Å²) < 4.78 is 5.66. The number of hydrogen-bond acceptors (Lipinski definition) is 5. The standard InChI is InChI=1S/C25H23Cl3N4O3S/c1-2-23(33)32-11-9-31(10-12-32)20-6-4-16(14-19(20)28)29-25(36)30-24(34)22-8-7-21(35-22)15-3-5-17(26)18(27)13-15/h3-8,13-14H,2,9-12H2,1H3,(H2,29,30,34,36). The fraction of sp³-hybridized carbons (Fsp3) is 0.240. The fourth-order valence-electron chi connectivity index (χ4n) is 3.85. The molecule has 188 valence electrons. The summed E-state index contributed by atoms with van der Waals surface area (Å²) in [4.78, 5) is 28.5. The lowest BCUT2D eigenvalue weighted by molar-refractivity contribution is -0.131. The molecule has 2 aromatic carbocycles. The lowest BCUT2D eigenvalue weighted by Gasteiger charge is -2.36. The molecule has 4 rings (SSSR count). The summed E-state index contributed by atoms with van der Waals surface area (Å²) in [6.45, 7) is 4.62. The highest BCUT2D eigenvalue weighted by Crippen LogP contribution is 2.31. The molecule has 2 amide bonds. The first-order valence-corrected chi connectivity index (χ1v) is 12.8. The van der Waals surface area contributed by atoms with Gasteiger partial charge in [-0.05, 0) is 60.7 Å². The van der Waals surface area contributed by atoms with E-state index in [4.69, 9.17) is 51.4 Å². The fourth-order valence-corrected chi connectivity index (χ4v) is 4.66. The van der Waals surface area contributed by atoms with Crippen molar-refractivity contribution in [2.24, 2.45) is 0 Å². The van der Waals surface area contributed by atoms with Crippen LogP contribution in [0.4, 0.5) is 11.4 Å². The third-order valence-corrected chi connectivity index (χ3v) is 6.99. The number of rotatable bonds is 5. The number of furan rings is 1. The Labute approximate surface area is 229 Å². The molecule has 2 heterocycles. The minimum absolute atomic E-state index is 0.0919. The summed E-state index contributed by atoms with van der Waals surface area (Å²) in [6.07, 6.45) is 0.510. The van der Waals surface area contributed by atoms with Crippen molar-refractivity contribution in [3.63, 3.8) is 0 Å². The number of nitrogens with one attached hydrogen (secondary N) is 2. The van der Waals surface area contributed by atoms with Gasteiger partial charge in [0.15, 0.2) is 10.9 Å². The number of carbonyl (C=O) groups is 2. The van der Waals surface area contributed by atoms with E-state index in [9.17, 15) is 9.59 Å². The van der Waals surface area contributed by atoms with Crippen molar-refractivity contribution >= 4 is 75.3 Å². The lowest BCUT2D eigenvalue weighted by atomic mass is 10.2. The smallest absolute Gasteiger partial charge is 0.293 e. The van der Waals surface area contributed by atoms with Crippen LogP contribution in [0.1, 0.15) is 23.9 Å². The lowest BCUT2D eigenvalue weighted by Crippen LogP contribution is -2.48. The van der Waals surface area contributed by atoms with Crippen molar-refractivity contribution in [2.75, 3.05) is 36.4 Å². The van der Waals surface area contributed by atoms with E-state index < -0.39 is 5.91 Å². The zero-order chi connectivity index (χ0) is 25.8. The Morgan fingerprint density at radius 2 is 1.69 bits per heavy atom. The minimum Gasteiger partial charge on any atom is -0.451 e. The van der Waals surface area contributed by atoms with Gasteiger partial charge in [-0.1, -0.05) is 41.7 Å². The summed E-state index contributed by atoms with van der Waals surface area (Å²) in [5, 5.41) is 7.03. The Balaban J connectivity index is 1.34. The van der Waals surface area contributed by atoms with Crippen LogP contribution in [0.3, 0.4) is 0 Å². The Hall–Kier alpha value is -2.78. The quantitative estimate of drug-likeness (QED) is 0.365. The van der Waals surface area contributed by atoms with Crippen molar-refractivity contribution in [3.05, 3.63) is 69.4 Å². The number of nitrogens with zero attached hydrogens (tertiary/aromatic N) is 2. The van der Waals surface area contributed by atoms with Crippen molar-refractivity contribution in [1.29, 1.82) is 0 Å². The Kier molecular flexibility index (Phi) is 8.41. The summed E-state index contributed by atoms with van der Waals surface area (Å²) in [7, 11) is 0. The van der Waals surface area contributed by atoms with Crippen LogP contribution < -0.4 is 15.5 Å². The maximum absolute atomic E-state index is 12.6. The largest absolute Gasteiger partial charge is 0.451 e. The third kappa shape index (κ3) is 6.13. The van der Waals surface area contributed by atoms with Gasteiger partial charge in [-0.15, -0.1) is 0 Å². The highest BCUT2D eigenvalue weighted by molar-refractivity contribution is 7.80. The molecule has 0 aliphatic carbocycles. The van der Waals surface area contributed by atoms with E-state index in [2.05, 4.69) is 15.5 Å². The molecule has 0 unspecified atom stereocenters. The zero-order valence-corrected chi connectivity index (χ0v) is 22.4. The average Bonchev–Trinajstić information content (AvgIpc) is 3.36. The van der Waals surface area contributed by atoms with Crippen molar-refractivity contribution in [3.8, 4) is 11.3 Å². The summed E-state index contributed by atoms with van der Waals surface area (Å²) in [5.74, 6) is 0.228. The highest BCUT2D eigenvalue weighted by Gasteiger charge is 2.22. The minimum atomic E-state index is -0.499. The zero-order valence-electron chi connectivity index (χ0n) is 19.3. The Morgan fingerprint density at radius 3 is 2.36 bits per heavy atom. The molecule has 0 bridgehead atoms. The molecule has 1 aliphatic heterocycles. The first-order valence-electron chi connectivity index (χ1n) is 11.2. The van der Waals surface area contributed by atoms with Crippen molar-refractivity contribution < 1.29 is 14.0 Å². The molecule has 7 nitrogen and oxygen atoms in total. The van der Waals surface area contributed by atoms with Gasteiger partial charge in [0.2, 0.25) is 5.91 Å². The normalized spacial score (nSPS) is 13.4. The van der Waals surface area contributed by atoms with Crippen LogP contribution in [-0.2, 0) is 4.79 Å². The molecule has 0 atom stereocenters. The van der Waals surface area contributed by atoms with Crippen LogP contribution in [0.15, 0.2) is 52.9 Å². The average molecular weight is 566 g/mol. The van der Waals surface area contributed by atoms with Crippen LogP contribution in [0.25, 0.3) is 11.3 Å². The van der Waals surface area contributed by atoms with Gasteiger partial charge in [-0.3, -0.25) is 14.9 Å². The van der Waals surface area contributed by atoms with Gasteiger partial charge in [-0.25, -0.2) is 0 Å². The second-order valence-electron chi connectivity index (χ2n) is 8.09. The number of amides is 2. The van der Waals surface area contributed by atoms with Crippen LogP contribution >= 0.6 is 47.0 Å². The molecule has 36 heavy (non-hydrogen) atoms. The van der Waals surface area contributed by atoms with E-state index in [-0.39, 0.29) is 16.8 Å². The molecule has 1 saturated heterocycles. The SMILES string of the molecule is CCC(=O)N1CCN(c2ccc(NC(=S)NC(=O)c3ccc(-c4ccc(Cl)c(Cl)c4)o3)cc2Cl)CC1. The van der Waals surface area contributed by atoms with Crippen molar-refractivity contribution in [2.45, 2.75) is 13.3 Å². The van der Waals surface area contributed by atoms with Gasteiger partial charge >= 0.3 is 0 Å². The predicted octanol–water partition coefficient (Wildman–Crippen LogP) is 6.09. The summed E-state index contributed by atoms with van der Waals surface area (Å²) in [6, 6.07) is 13.8. The third-order valence-electron chi connectivity index (χ3n) is 5.74. The first kappa shape index (κ1) is 26.3. The van der Waals surface area contributed by atoms with Crippen LogP contribution in [0.5, 0.6) is 0 Å². The van der Waals surface area contributed by atoms with Gasteiger partial charge in [0.05, 0.1) is 20.8 Å². The number of piperazine rings is 1. The van der Waals surface area contributed by atoms with E-state index in [0.717, 1.165) is 5.69 Å². The second-order valence-corrected chi connectivity index (χ2v) is 9.72. The van der Waals surface area contributed by atoms with Crippen LogP contribution in [-0.4, -0.2) is 48.0 Å². The van der Waals surface area contributed by atoms with E-state index >= 15 is 0 Å². The van der Waals surface area contributed by atoms with Gasteiger partial charge in [0.25, 0.3) is 5.91 Å². The van der Waals surface area contributed by atoms with Gasteiger partial charge in [-0.2, -0.15) is 0 Å². The van der Waals surface area contributed by atoms with Crippen molar-refractivity contribution in [1.82, 2.24) is 10.2 Å². The first-order chi connectivity index (χ1) is 17.2. The van der Waals surface area contributed by atoms with E-state index in [1.807, 2.05) is 24.0 Å². The number of carbonyl (C=O) groups excluding carboxylic acids is 2. The number of halogens is 3. The molecule has 0 spiro atoms. The Bertz CT molecular complexity index is 1310. The monoisotopic (exact) mass is 564 g/mol. The number of thiocarbonyl (C=S) groups is 1. The Morgan fingerprint density at radius 1 is 0.944 bits per heavy atom. The molecule has 1 aromatic heterocycles. The topological polar surface area (TPSA) is 77.8 Å². The molecule has 3 aromatic rings. The van der Waals surface area contributed by atoms with Crippen LogP contribution in [0.2, 0.25) is 15.1 Å². The summed E-state index contributed by atoms with van der Waals surface area (Å²) >= 11 is 23.8. The summed E-state index contributed by atoms with van der Waals surface area (Å²) in [5.41, 5.74) is 2.20. The van der Waals surface area contributed by atoms with E-state index in [1.165, 1.54) is 0 Å². The highest BCUT2D eigenvalue weighted by atomic mass is 35.5. The van der Waals surface area contributed by atoms with Gasteiger partial charge in [0, 0.05) is 43.9 Å². The molecule has 11 heteroatoms. The number of hydrogen-bond donors (Lipinski definition) is 2. The second kappa shape index (κ2) is 11.5. The van der Waals surface area contributed by atoms with Gasteiger partial charge in [0.1, 0.15) is 5.76 Å².